The second kappa shape index (κ2) is 9.46. The molecule has 2 aromatic carbocycles. The molecule has 0 aromatic heterocycles. The van der Waals surface area contributed by atoms with Gasteiger partial charge in [-0.05, 0) is 65.4 Å². The first-order valence-electron chi connectivity index (χ1n) is 7.68. The number of carbonyl (C=O) groups is 1. The van der Waals surface area contributed by atoms with E-state index in [0.717, 1.165) is 3.57 Å². The van der Waals surface area contributed by atoms with E-state index in [2.05, 4.69) is 27.9 Å². The molecule has 0 fully saturated rings. The molecule has 0 aliphatic heterocycles. The van der Waals surface area contributed by atoms with Gasteiger partial charge in [0, 0.05) is 3.57 Å². The van der Waals surface area contributed by atoms with Crippen molar-refractivity contribution in [2.24, 2.45) is 0 Å². The standard InChI is InChI=1S/C19H16ClIN2O3/c1-3-26-18-14(20)9-12(10-17(18)25-2)8-13(11-22)19(24)23-16-7-5-4-6-15(16)21/h4-10H,3H2,1-2H3,(H,23,24)/b13-8+. The molecule has 1 amide bonds. The molecule has 2 aromatic rings. The minimum absolute atomic E-state index is 0.0491. The van der Waals surface area contributed by atoms with Crippen LogP contribution in [0.4, 0.5) is 5.69 Å². The number of halogens is 2. The highest BCUT2D eigenvalue weighted by molar-refractivity contribution is 14.1. The van der Waals surface area contributed by atoms with Crippen LogP contribution in [0.25, 0.3) is 6.08 Å². The second-order valence-corrected chi connectivity index (χ2v) is 6.64. The molecule has 2 rings (SSSR count). The molecular weight excluding hydrogens is 467 g/mol. The van der Waals surface area contributed by atoms with Crippen LogP contribution in [-0.4, -0.2) is 19.6 Å². The first kappa shape index (κ1) is 20.1. The molecule has 0 saturated carbocycles. The summed E-state index contributed by atoms with van der Waals surface area (Å²) in [6, 6.07) is 12.5. The average molecular weight is 483 g/mol. The van der Waals surface area contributed by atoms with E-state index in [-0.39, 0.29) is 5.57 Å². The van der Waals surface area contributed by atoms with E-state index in [4.69, 9.17) is 21.1 Å². The SMILES string of the molecule is CCOc1c(Cl)cc(/C=C(\C#N)C(=O)Nc2ccccc2I)cc1OC. The molecule has 0 radical (unpaired) electrons. The summed E-state index contributed by atoms with van der Waals surface area (Å²) >= 11 is 8.34. The normalized spacial score (nSPS) is 10.8. The predicted molar refractivity (Wildman–Crippen MR) is 111 cm³/mol. The van der Waals surface area contributed by atoms with Gasteiger partial charge >= 0.3 is 0 Å². The van der Waals surface area contributed by atoms with Crippen LogP contribution in [0.3, 0.4) is 0 Å². The number of methoxy groups -OCH3 is 1. The third kappa shape index (κ3) is 4.90. The number of ether oxygens (including phenoxy) is 2. The second-order valence-electron chi connectivity index (χ2n) is 5.07. The first-order valence-corrected chi connectivity index (χ1v) is 9.13. The quantitative estimate of drug-likeness (QED) is 0.361. The number of nitrogens with zero attached hydrogens (tertiary/aromatic N) is 1. The highest BCUT2D eigenvalue weighted by Crippen LogP contribution is 2.37. The Morgan fingerprint density at radius 3 is 2.73 bits per heavy atom. The molecule has 0 atom stereocenters. The van der Waals surface area contributed by atoms with Crippen molar-refractivity contribution in [2.45, 2.75) is 6.92 Å². The number of nitriles is 1. The van der Waals surface area contributed by atoms with Crippen LogP contribution in [0.2, 0.25) is 5.02 Å². The van der Waals surface area contributed by atoms with Gasteiger partial charge in [-0.25, -0.2) is 0 Å². The third-order valence-corrected chi connectivity index (χ3v) is 4.56. The number of rotatable bonds is 6. The topological polar surface area (TPSA) is 71.3 Å². The number of benzene rings is 2. The molecule has 5 nitrogen and oxygen atoms in total. The van der Waals surface area contributed by atoms with Crippen LogP contribution in [0.15, 0.2) is 42.0 Å². The van der Waals surface area contributed by atoms with Gasteiger partial charge in [0.1, 0.15) is 11.6 Å². The van der Waals surface area contributed by atoms with Gasteiger partial charge in [-0.1, -0.05) is 23.7 Å². The molecule has 7 heteroatoms. The van der Waals surface area contributed by atoms with E-state index in [9.17, 15) is 10.1 Å². The lowest BCUT2D eigenvalue weighted by atomic mass is 10.1. The fraction of sp³-hybridized carbons (Fsp3) is 0.158. The zero-order valence-electron chi connectivity index (χ0n) is 14.2. The van der Waals surface area contributed by atoms with Crippen molar-refractivity contribution in [3.05, 3.63) is 56.1 Å². The molecule has 134 valence electrons. The summed E-state index contributed by atoms with van der Waals surface area (Å²) in [5, 5.41) is 12.4. The lowest BCUT2D eigenvalue weighted by Crippen LogP contribution is -2.14. The maximum atomic E-state index is 12.4. The fourth-order valence-electron chi connectivity index (χ4n) is 2.18. The lowest BCUT2D eigenvalue weighted by molar-refractivity contribution is -0.112. The Morgan fingerprint density at radius 1 is 1.38 bits per heavy atom. The van der Waals surface area contributed by atoms with E-state index in [1.165, 1.54) is 13.2 Å². The Bertz CT molecular complexity index is 891. The van der Waals surface area contributed by atoms with Crippen LogP contribution < -0.4 is 14.8 Å². The van der Waals surface area contributed by atoms with Gasteiger partial charge in [0.25, 0.3) is 5.91 Å². The summed E-state index contributed by atoms with van der Waals surface area (Å²) in [4.78, 5) is 12.4. The number of nitrogens with one attached hydrogen (secondary N) is 1. The summed E-state index contributed by atoms with van der Waals surface area (Å²) in [6.07, 6.45) is 1.45. The number of anilines is 1. The maximum Gasteiger partial charge on any atom is 0.266 e. The zero-order chi connectivity index (χ0) is 19.1. The van der Waals surface area contributed by atoms with Crippen molar-refractivity contribution in [3.8, 4) is 17.6 Å². The Hall–Kier alpha value is -2.24. The molecular formula is C19H16ClIN2O3. The molecule has 0 aliphatic rings. The minimum atomic E-state index is -0.499. The van der Waals surface area contributed by atoms with Crippen LogP contribution in [0, 0.1) is 14.9 Å². The highest BCUT2D eigenvalue weighted by atomic mass is 127. The first-order chi connectivity index (χ1) is 12.5. The van der Waals surface area contributed by atoms with Crippen LogP contribution in [-0.2, 0) is 4.79 Å². The molecule has 0 saturated heterocycles. The molecule has 0 spiro atoms. The van der Waals surface area contributed by atoms with Crippen molar-refractivity contribution in [2.75, 3.05) is 19.0 Å². The molecule has 0 unspecified atom stereocenters. The van der Waals surface area contributed by atoms with Gasteiger partial charge in [-0.3, -0.25) is 4.79 Å². The number of carbonyl (C=O) groups excluding carboxylic acids is 1. The zero-order valence-corrected chi connectivity index (χ0v) is 17.1. The van der Waals surface area contributed by atoms with Gasteiger partial charge in [0.2, 0.25) is 0 Å². The van der Waals surface area contributed by atoms with Crippen LogP contribution >= 0.6 is 34.2 Å². The smallest absolute Gasteiger partial charge is 0.266 e. The van der Waals surface area contributed by atoms with Gasteiger partial charge in [0.15, 0.2) is 11.5 Å². The molecule has 1 N–H and O–H groups in total. The lowest BCUT2D eigenvalue weighted by Gasteiger charge is -2.12. The maximum absolute atomic E-state index is 12.4. The van der Waals surface area contributed by atoms with Crippen molar-refractivity contribution in [3.63, 3.8) is 0 Å². The van der Waals surface area contributed by atoms with Crippen molar-refractivity contribution in [1.82, 2.24) is 0 Å². The van der Waals surface area contributed by atoms with Crippen molar-refractivity contribution >= 4 is 51.9 Å². The van der Waals surface area contributed by atoms with E-state index in [1.807, 2.05) is 31.2 Å². The average Bonchev–Trinajstić information content (AvgIpc) is 2.63. The van der Waals surface area contributed by atoms with E-state index < -0.39 is 5.91 Å². The minimum Gasteiger partial charge on any atom is -0.493 e. The van der Waals surface area contributed by atoms with E-state index in [0.29, 0.717) is 34.4 Å². The molecule has 0 heterocycles. The molecule has 0 bridgehead atoms. The Kier molecular flexibility index (Phi) is 7.30. The Morgan fingerprint density at radius 2 is 2.12 bits per heavy atom. The Labute approximate surface area is 170 Å². The van der Waals surface area contributed by atoms with Crippen molar-refractivity contribution < 1.29 is 14.3 Å². The summed E-state index contributed by atoms with van der Waals surface area (Å²) in [5.41, 5.74) is 1.15. The summed E-state index contributed by atoms with van der Waals surface area (Å²) in [6.45, 7) is 2.28. The highest BCUT2D eigenvalue weighted by Gasteiger charge is 2.14. The van der Waals surface area contributed by atoms with Gasteiger partial charge in [0.05, 0.1) is 24.4 Å². The Balaban J connectivity index is 2.34. The summed E-state index contributed by atoms with van der Waals surface area (Å²) in [5.74, 6) is 0.358. The molecule has 0 aliphatic carbocycles. The predicted octanol–water partition coefficient (Wildman–Crippen LogP) is 4.90. The summed E-state index contributed by atoms with van der Waals surface area (Å²) in [7, 11) is 1.50. The fourth-order valence-corrected chi connectivity index (χ4v) is 2.97. The largest absolute Gasteiger partial charge is 0.493 e. The van der Waals surface area contributed by atoms with E-state index in [1.54, 1.807) is 18.2 Å². The monoisotopic (exact) mass is 482 g/mol. The van der Waals surface area contributed by atoms with E-state index >= 15 is 0 Å². The third-order valence-electron chi connectivity index (χ3n) is 3.34. The van der Waals surface area contributed by atoms with Gasteiger partial charge < -0.3 is 14.8 Å². The molecule has 26 heavy (non-hydrogen) atoms. The van der Waals surface area contributed by atoms with Gasteiger partial charge in [-0.2, -0.15) is 5.26 Å². The number of para-hydroxylation sites is 1. The van der Waals surface area contributed by atoms with Crippen molar-refractivity contribution in [1.29, 1.82) is 5.26 Å². The number of hydrogen-bond acceptors (Lipinski definition) is 4. The number of amides is 1. The number of hydrogen-bond donors (Lipinski definition) is 1. The van der Waals surface area contributed by atoms with Crippen LogP contribution in [0.5, 0.6) is 11.5 Å². The van der Waals surface area contributed by atoms with Gasteiger partial charge in [-0.15, -0.1) is 0 Å². The summed E-state index contributed by atoms with van der Waals surface area (Å²) < 4.78 is 11.6. The van der Waals surface area contributed by atoms with Crippen LogP contribution in [0.1, 0.15) is 12.5 Å².